The smallest absolute Gasteiger partial charge is 0.269 e. The first-order valence-electron chi connectivity index (χ1n) is 10.9. The number of rotatable bonds is 6. The molecule has 5 aromatic rings. The molecule has 176 valence electrons. The Labute approximate surface area is 198 Å². The van der Waals surface area contributed by atoms with Crippen LogP contribution in [0, 0.1) is 12.7 Å². The summed E-state index contributed by atoms with van der Waals surface area (Å²) >= 11 is 0. The maximum absolute atomic E-state index is 14.7. The van der Waals surface area contributed by atoms with Gasteiger partial charge in [0, 0.05) is 6.92 Å². The van der Waals surface area contributed by atoms with Gasteiger partial charge in [0.1, 0.15) is 40.6 Å². The first kappa shape index (κ1) is 22.1. The number of benzene rings is 2. The monoisotopic (exact) mass is 472 g/mol. The Bertz CT molecular complexity index is 1580. The second kappa shape index (κ2) is 8.93. The number of hydrogen-bond acceptors (Lipinski definition) is 9. The summed E-state index contributed by atoms with van der Waals surface area (Å²) in [6, 6.07) is 12.8. The van der Waals surface area contributed by atoms with E-state index in [0.717, 1.165) is 0 Å². The van der Waals surface area contributed by atoms with Crippen LogP contribution in [-0.2, 0) is 0 Å². The summed E-state index contributed by atoms with van der Waals surface area (Å²) in [5, 5.41) is 11.1. The lowest BCUT2D eigenvalue weighted by atomic mass is 10.1. The fraction of sp³-hybridized carbons (Fsp3) is 0.167. The van der Waals surface area contributed by atoms with Gasteiger partial charge >= 0.3 is 0 Å². The summed E-state index contributed by atoms with van der Waals surface area (Å²) in [4.78, 5) is 26.7. The van der Waals surface area contributed by atoms with Crippen molar-refractivity contribution in [2.75, 3.05) is 11.1 Å². The zero-order chi connectivity index (χ0) is 24.5. The van der Waals surface area contributed by atoms with Gasteiger partial charge in [-0.1, -0.05) is 31.2 Å². The number of halogens is 1. The highest BCUT2D eigenvalue weighted by molar-refractivity contribution is 5.80. The van der Waals surface area contributed by atoms with Crippen LogP contribution < -0.4 is 16.6 Å². The third-order valence-corrected chi connectivity index (χ3v) is 5.53. The molecule has 0 amide bonds. The van der Waals surface area contributed by atoms with Gasteiger partial charge < -0.3 is 15.5 Å². The average molecular weight is 472 g/mol. The molecule has 3 aromatic heterocycles. The highest BCUT2D eigenvalue weighted by Crippen LogP contribution is 2.33. The van der Waals surface area contributed by atoms with E-state index in [-0.39, 0.29) is 22.6 Å². The minimum absolute atomic E-state index is 0.0803. The largest absolute Gasteiger partial charge is 0.421 e. The predicted octanol–water partition coefficient (Wildman–Crippen LogP) is 3.82. The van der Waals surface area contributed by atoms with Gasteiger partial charge in [0.15, 0.2) is 0 Å². The molecule has 0 bridgehead atoms. The van der Waals surface area contributed by atoms with E-state index < -0.39 is 17.4 Å². The number of fused-ring (bicyclic) bond motifs is 1. The Kier molecular flexibility index (Phi) is 5.65. The van der Waals surface area contributed by atoms with Crippen LogP contribution in [0.4, 0.5) is 16.0 Å². The van der Waals surface area contributed by atoms with Crippen molar-refractivity contribution in [1.29, 1.82) is 0 Å². The van der Waals surface area contributed by atoms with Crippen molar-refractivity contribution in [1.82, 2.24) is 29.7 Å². The van der Waals surface area contributed by atoms with Crippen LogP contribution in [0.15, 0.2) is 64.1 Å². The summed E-state index contributed by atoms with van der Waals surface area (Å²) in [6.07, 6.45) is 1.82. The Morgan fingerprint density at radius 3 is 2.63 bits per heavy atom. The number of aryl methyl sites for hydroxylation is 1. The maximum Gasteiger partial charge on any atom is 0.269 e. The van der Waals surface area contributed by atoms with Crippen LogP contribution in [0.1, 0.15) is 31.1 Å². The number of aromatic nitrogens is 6. The molecule has 35 heavy (non-hydrogen) atoms. The second-order valence-electron chi connectivity index (χ2n) is 7.79. The van der Waals surface area contributed by atoms with Crippen molar-refractivity contribution in [3.8, 4) is 17.1 Å². The van der Waals surface area contributed by atoms with Crippen molar-refractivity contribution < 1.29 is 8.81 Å². The van der Waals surface area contributed by atoms with E-state index in [1.54, 1.807) is 37.3 Å². The predicted molar refractivity (Wildman–Crippen MR) is 128 cm³/mol. The molecule has 5 rings (SSSR count). The number of nitrogens with zero attached hydrogens (tertiary/aromatic N) is 6. The molecule has 10 nitrogen and oxygen atoms in total. The minimum Gasteiger partial charge on any atom is -0.421 e. The average Bonchev–Trinajstić information content (AvgIpc) is 3.28. The minimum atomic E-state index is -0.630. The zero-order valence-electron chi connectivity index (χ0n) is 18.9. The van der Waals surface area contributed by atoms with Gasteiger partial charge in [-0.25, -0.2) is 19.3 Å². The van der Waals surface area contributed by atoms with Gasteiger partial charge in [-0.05, 0) is 30.7 Å². The normalized spacial score (nSPS) is 12.1. The van der Waals surface area contributed by atoms with Gasteiger partial charge in [-0.2, -0.15) is 0 Å². The number of para-hydroxylation sites is 1. The topological polar surface area (TPSA) is 138 Å². The quantitative estimate of drug-likeness (QED) is 0.378. The Balaban J connectivity index is 1.71. The van der Waals surface area contributed by atoms with Gasteiger partial charge in [0.2, 0.25) is 5.89 Å². The number of nitrogen functional groups attached to an aromatic ring is 1. The molecular weight excluding hydrogens is 451 g/mol. The molecule has 1 unspecified atom stereocenters. The van der Waals surface area contributed by atoms with Crippen molar-refractivity contribution >= 4 is 22.5 Å². The van der Waals surface area contributed by atoms with Gasteiger partial charge in [0.25, 0.3) is 11.4 Å². The maximum atomic E-state index is 14.7. The van der Waals surface area contributed by atoms with E-state index in [1.807, 2.05) is 13.0 Å². The molecule has 11 heteroatoms. The summed E-state index contributed by atoms with van der Waals surface area (Å²) in [5.74, 6) is 0.752. The van der Waals surface area contributed by atoms with Crippen LogP contribution in [0.25, 0.3) is 28.0 Å². The lowest BCUT2D eigenvalue weighted by Crippen LogP contribution is -2.29. The number of hydrogen-bond donors (Lipinski definition) is 2. The highest BCUT2D eigenvalue weighted by atomic mass is 19.1. The molecule has 0 fully saturated rings. The number of nitrogens with two attached hydrogens (primary N) is 1. The van der Waals surface area contributed by atoms with E-state index >= 15 is 0 Å². The second-order valence-corrected chi connectivity index (χ2v) is 7.79. The van der Waals surface area contributed by atoms with Crippen molar-refractivity contribution in [3.63, 3.8) is 0 Å². The third-order valence-electron chi connectivity index (χ3n) is 5.53. The molecule has 0 radical (unpaired) electrons. The van der Waals surface area contributed by atoms with E-state index in [9.17, 15) is 9.18 Å². The fourth-order valence-corrected chi connectivity index (χ4v) is 3.90. The summed E-state index contributed by atoms with van der Waals surface area (Å²) in [6.45, 7) is 3.59. The Morgan fingerprint density at radius 2 is 1.91 bits per heavy atom. The lowest BCUT2D eigenvalue weighted by molar-refractivity contribution is 0.532. The summed E-state index contributed by atoms with van der Waals surface area (Å²) in [7, 11) is 0. The third kappa shape index (κ3) is 3.97. The molecule has 1 atom stereocenters. The van der Waals surface area contributed by atoms with Crippen molar-refractivity contribution in [3.05, 3.63) is 82.7 Å². The van der Waals surface area contributed by atoms with Crippen LogP contribution in [-0.4, -0.2) is 29.7 Å². The van der Waals surface area contributed by atoms with Gasteiger partial charge in [-0.15, -0.1) is 10.2 Å². The first-order valence-corrected chi connectivity index (χ1v) is 10.9. The Morgan fingerprint density at radius 1 is 1.11 bits per heavy atom. The van der Waals surface area contributed by atoms with E-state index in [2.05, 4.69) is 25.5 Å². The summed E-state index contributed by atoms with van der Waals surface area (Å²) in [5.41, 5.74) is 6.77. The van der Waals surface area contributed by atoms with E-state index in [1.165, 1.54) is 23.0 Å². The van der Waals surface area contributed by atoms with Crippen molar-refractivity contribution in [2.24, 2.45) is 0 Å². The number of nitrogens with one attached hydrogen (secondary N) is 1. The van der Waals surface area contributed by atoms with Crippen LogP contribution in [0.5, 0.6) is 0 Å². The van der Waals surface area contributed by atoms with Crippen LogP contribution >= 0.6 is 0 Å². The highest BCUT2D eigenvalue weighted by Gasteiger charge is 2.25. The van der Waals surface area contributed by atoms with Crippen molar-refractivity contribution in [2.45, 2.75) is 26.3 Å². The number of anilines is 2. The SMILES string of the molecule is CCC(Nc1ncnc(N)c1-c1nnc(C)o1)c1nc2cccc(F)c2c(=O)n1-c1ccccc1. The fourth-order valence-electron chi connectivity index (χ4n) is 3.90. The molecule has 0 saturated heterocycles. The van der Waals surface area contributed by atoms with Crippen LogP contribution in [0.3, 0.4) is 0 Å². The van der Waals surface area contributed by atoms with Gasteiger partial charge in [0.05, 0.1) is 17.2 Å². The summed E-state index contributed by atoms with van der Waals surface area (Å²) < 4.78 is 21.6. The molecule has 0 aliphatic heterocycles. The molecule has 0 aliphatic rings. The molecule has 3 heterocycles. The molecule has 0 saturated carbocycles. The lowest BCUT2D eigenvalue weighted by Gasteiger charge is -2.23. The zero-order valence-corrected chi connectivity index (χ0v) is 18.9. The standard InChI is InChI=1S/C24H21FN8O2/c1-3-16(29-21-19(20(26)27-12-28-21)23-32-31-13(2)35-23)22-30-17-11-7-10-15(25)18(17)24(34)33(22)14-8-5-4-6-9-14/h4-12,16H,3H2,1-2H3,(H3,26,27,28,29). The van der Waals surface area contributed by atoms with E-state index in [0.29, 0.717) is 35.2 Å². The molecule has 3 N–H and O–H groups in total. The molecular formula is C24H21FN8O2. The molecule has 0 spiro atoms. The molecule has 2 aromatic carbocycles. The van der Waals surface area contributed by atoms with Crippen LogP contribution in [0.2, 0.25) is 0 Å². The van der Waals surface area contributed by atoms with Gasteiger partial charge in [-0.3, -0.25) is 9.36 Å². The Hall–Kier alpha value is -4.67. The van der Waals surface area contributed by atoms with E-state index in [4.69, 9.17) is 15.1 Å². The molecule has 0 aliphatic carbocycles. The first-order chi connectivity index (χ1) is 17.0.